The second-order valence-electron chi connectivity index (χ2n) is 6.42. The number of aryl methyl sites for hydroxylation is 1. The molecule has 4 heterocycles. The summed E-state index contributed by atoms with van der Waals surface area (Å²) in [6.45, 7) is 2.68. The quantitative estimate of drug-likeness (QED) is 0.723. The number of likely N-dealkylation sites (tertiary alicyclic amines) is 1. The maximum atomic E-state index is 12.8. The summed E-state index contributed by atoms with van der Waals surface area (Å²) >= 11 is 0. The lowest BCUT2D eigenvalue weighted by atomic mass is 10.1. The number of imidazole rings is 1. The Morgan fingerprint density at radius 3 is 2.81 bits per heavy atom. The summed E-state index contributed by atoms with van der Waals surface area (Å²) in [5.74, 6) is 1.70. The van der Waals surface area contributed by atoms with Gasteiger partial charge in [-0.1, -0.05) is 0 Å². The molecule has 0 saturated carbocycles. The molecule has 3 aromatic rings. The molecule has 7 nitrogen and oxygen atoms in total. The van der Waals surface area contributed by atoms with Gasteiger partial charge in [0, 0.05) is 31.3 Å². The molecule has 1 fully saturated rings. The highest BCUT2D eigenvalue weighted by Crippen LogP contribution is 2.31. The maximum absolute atomic E-state index is 12.8. The van der Waals surface area contributed by atoms with Crippen LogP contribution in [0, 0.1) is 6.92 Å². The fourth-order valence-corrected chi connectivity index (χ4v) is 3.42. The molecule has 3 aromatic heterocycles. The first-order valence-corrected chi connectivity index (χ1v) is 8.73. The minimum absolute atomic E-state index is 0.0272. The van der Waals surface area contributed by atoms with Crippen LogP contribution in [-0.4, -0.2) is 41.9 Å². The van der Waals surface area contributed by atoms with E-state index in [0.717, 1.165) is 42.3 Å². The van der Waals surface area contributed by atoms with Crippen LogP contribution in [0.4, 0.5) is 0 Å². The number of carbonyl (C=O) groups is 1. The Kier molecular flexibility index (Phi) is 4.43. The third-order valence-electron chi connectivity index (χ3n) is 4.73. The number of pyridine rings is 1. The minimum Gasteiger partial charge on any atom is -0.334 e. The molecule has 132 valence electrons. The number of hydrogen-bond acceptors (Lipinski definition) is 5. The molecule has 4 rings (SSSR count). The Bertz CT molecular complexity index is 907. The van der Waals surface area contributed by atoms with Crippen molar-refractivity contribution in [1.29, 1.82) is 0 Å². The molecule has 1 atom stereocenters. The normalized spacial score (nSPS) is 16.8. The molecular weight excluding hydrogens is 328 g/mol. The van der Waals surface area contributed by atoms with Crippen LogP contribution in [0.25, 0.3) is 5.82 Å². The van der Waals surface area contributed by atoms with Crippen LogP contribution in [0.1, 0.15) is 36.0 Å². The molecule has 1 aliphatic rings. The lowest BCUT2D eigenvalue weighted by Crippen LogP contribution is -2.32. The van der Waals surface area contributed by atoms with Crippen LogP contribution in [0.15, 0.2) is 49.3 Å². The first-order chi connectivity index (χ1) is 12.7. The zero-order valence-corrected chi connectivity index (χ0v) is 14.6. The summed E-state index contributed by atoms with van der Waals surface area (Å²) in [7, 11) is 0. The number of rotatable bonds is 4. The lowest BCUT2D eigenvalue weighted by Gasteiger charge is -2.24. The molecule has 0 unspecified atom stereocenters. The highest BCUT2D eigenvalue weighted by Gasteiger charge is 2.31. The smallest absolute Gasteiger partial charge is 0.227 e. The fraction of sp³-hybridized carbons (Fsp3) is 0.316. The van der Waals surface area contributed by atoms with E-state index in [1.54, 1.807) is 31.0 Å². The monoisotopic (exact) mass is 348 g/mol. The second kappa shape index (κ2) is 7.03. The van der Waals surface area contributed by atoms with E-state index < -0.39 is 0 Å². The van der Waals surface area contributed by atoms with Gasteiger partial charge in [-0.05, 0) is 37.5 Å². The van der Waals surface area contributed by atoms with Gasteiger partial charge in [0.15, 0.2) is 5.82 Å². The van der Waals surface area contributed by atoms with Gasteiger partial charge >= 0.3 is 0 Å². The average molecular weight is 348 g/mol. The Balaban J connectivity index is 1.57. The summed E-state index contributed by atoms with van der Waals surface area (Å²) in [5, 5.41) is 0. The summed E-state index contributed by atoms with van der Waals surface area (Å²) in [5.41, 5.74) is 1.81. The highest BCUT2D eigenvalue weighted by atomic mass is 16.2. The van der Waals surface area contributed by atoms with E-state index in [1.165, 1.54) is 0 Å². The molecule has 26 heavy (non-hydrogen) atoms. The standard InChI is InChI=1S/C19H20N6O/c1-14-22-8-10-24(14)18-13-21-12-16(23-18)17-3-2-9-25(17)19(26)11-15-4-6-20-7-5-15/h4-8,10,12-13,17H,2-3,9,11H2,1H3/t17-/m1/s1. The van der Waals surface area contributed by atoms with Crippen molar-refractivity contribution < 1.29 is 4.79 Å². The van der Waals surface area contributed by atoms with Gasteiger partial charge in [-0.25, -0.2) is 9.97 Å². The van der Waals surface area contributed by atoms with Crippen molar-refractivity contribution in [2.24, 2.45) is 0 Å². The SMILES string of the molecule is Cc1nccn1-c1cncc([C@H]2CCCN2C(=O)Cc2ccncc2)n1. The van der Waals surface area contributed by atoms with Crippen molar-refractivity contribution in [3.63, 3.8) is 0 Å². The number of nitrogens with zero attached hydrogens (tertiary/aromatic N) is 6. The number of amides is 1. The van der Waals surface area contributed by atoms with E-state index in [4.69, 9.17) is 4.98 Å². The molecule has 0 aliphatic carbocycles. The van der Waals surface area contributed by atoms with E-state index in [2.05, 4.69) is 15.0 Å². The van der Waals surface area contributed by atoms with Crippen molar-refractivity contribution in [2.45, 2.75) is 32.2 Å². The van der Waals surface area contributed by atoms with Crippen LogP contribution < -0.4 is 0 Å². The molecule has 7 heteroatoms. The number of hydrogen-bond donors (Lipinski definition) is 0. The zero-order chi connectivity index (χ0) is 17.9. The average Bonchev–Trinajstić information content (AvgIpc) is 3.32. The zero-order valence-electron chi connectivity index (χ0n) is 14.6. The molecule has 0 bridgehead atoms. The van der Waals surface area contributed by atoms with Crippen LogP contribution in [0.2, 0.25) is 0 Å². The van der Waals surface area contributed by atoms with E-state index >= 15 is 0 Å². The Labute approximate surface area is 151 Å². The molecular formula is C19H20N6O. The van der Waals surface area contributed by atoms with Gasteiger partial charge in [0.05, 0.1) is 30.6 Å². The second-order valence-corrected chi connectivity index (χ2v) is 6.42. The molecule has 0 N–H and O–H groups in total. The molecule has 1 saturated heterocycles. The Morgan fingerprint density at radius 1 is 1.19 bits per heavy atom. The predicted octanol–water partition coefficient (Wildman–Crippen LogP) is 2.27. The number of aromatic nitrogens is 5. The molecule has 1 aliphatic heterocycles. The Morgan fingerprint density at radius 2 is 2.04 bits per heavy atom. The van der Waals surface area contributed by atoms with Crippen LogP contribution in [0.3, 0.4) is 0 Å². The van der Waals surface area contributed by atoms with Gasteiger partial charge in [-0.15, -0.1) is 0 Å². The van der Waals surface area contributed by atoms with Crippen molar-refractivity contribution in [1.82, 2.24) is 29.4 Å². The summed E-state index contributed by atoms with van der Waals surface area (Å²) < 4.78 is 1.90. The van der Waals surface area contributed by atoms with E-state index in [1.807, 2.05) is 34.7 Å². The van der Waals surface area contributed by atoms with E-state index in [-0.39, 0.29) is 11.9 Å². The van der Waals surface area contributed by atoms with Gasteiger partial charge in [-0.3, -0.25) is 19.3 Å². The summed E-state index contributed by atoms with van der Waals surface area (Å²) in [6.07, 6.45) is 12.8. The maximum Gasteiger partial charge on any atom is 0.227 e. The van der Waals surface area contributed by atoms with Crippen LogP contribution >= 0.6 is 0 Å². The van der Waals surface area contributed by atoms with Crippen LogP contribution in [-0.2, 0) is 11.2 Å². The van der Waals surface area contributed by atoms with E-state index in [9.17, 15) is 4.79 Å². The molecule has 1 amide bonds. The van der Waals surface area contributed by atoms with Crippen molar-refractivity contribution in [3.05, 3.63) is 66.4 Å². The van der Waals surface area contributed by atoms with Gasteiger partial charge < -0.3 is 4.90 Å². The van der Waals surface area contributed by atoms with Gasteiger partial charge in [-0.2, -0.15) is 0 Å². The van der Waals surface area contributed by atoms with Gasteiger partial charge in [0.2, 0.25) is 5.91 Å². The fourth-order valence-electron chi connectivity index (χ4n) is 3.42. The van der Waals surface area contributed by atoms with Gasteiger partial charge in [0.25, 0.3) is 0 Å². The van der Waals surface area contributed by atoms with Gasteiger partial charge in [0.1, 0.15) is 5.82 Å². The van der Waals surface area contributed by atoms with Crippen molar-refractivity contribution in [3.8, 4) is 5.82 Å². The molecule has 0 radical (unpaired) electrons. The first kappa shape index (κ1) is 16.4. The summed E-state index contributed by atoms with van der Waals surface area (Å²) in [6, 6.07) is 3.73. The third-order valence-corrected chi connectivity index (χ3v) is 4.73. The highest BCUT2D eigenvalue weighted by molar-refractivity contribution is 5.79. The van der Waals surface area contributed by atoms with Crippen molar-refractivity contribution in [2.75, 3.05) is 6.54 Å². The molecule has 0 aromatic carbocycles. The third kappa shape index (κ3) is 3.20. The van der Waals surface area contributed by atoms with Crippen LogP contribution in [0.5, 0.6) is 0 Å². The van der Waals surface area contributed by atoms with Crippen molar-refractivity contribution >= 4 is 5.91 Å². The Hall–Kier alpha value is -3.09. The molecule has 0 spiro atoms. The largest absolute Gasteiger partial charge is 0.334 e. The predicted molar refractivity (Wildman–Crippen MR) is 95.5 cm³/mol. The summed E-state index contributed by atoms with van der Waals surface area (Å²) in [4.78, 5) is 32.1. The first-order valence-electron chi connectivity index (χ1n) is 8.73. The van der Waals surface area contributed by atoms with E-state index in [0.29, 0.717) is 6.42 Å². The minimum atomic E-state index is -0.0272. The number of carbonyl (C=O) groups excluding carboxylic acids is 1. The topological polar surface area (TPSA) is 76.8 Å². The lowest BCUT2D eigenvalue weighted by molar-refractivity contribution is -0.131.